The molecule has 1 spiro atoms. The number of allylic oxidation sites excluding steroid dienone is 12. The molecule has 7 aromatic carbocycles. The molecule has 0 fully saturated rings. The Kier molecular flexibility index (Phi) is 8.26. The average Bonchev–Trinajstić information content (AvgIpc) is 3.61. The Hall–Kier alpha value is -7.73. The van der Waals surface area contributed by atoms with Gasteiger partial charge in [-0.05, 0) is 143 Å². The molecule has 0 aliphatic heterocycles. The van der Waals surface area contributed by atoms with Crippen LogP contribution in [0.3, 0.4) is 0 Å². The minimum atomic E-state index is -0.458. The molecule has 0 saturated heterocycles. The van der Waals surface area contributed by atoms with Gasteiger partial charge >= 0.3 is 0 Å². The van der Waals surface area contributed by atoms with Crippen molar-refractivity contribution in [2.75, 3.05) is 5.73 Å². The number of rotatable bonds is 7. The number of benzene rings is 7. The molecule has 0 bridgehead atoms. The van der Waals surface area contributed by atoms with Gasteiger partial charge < -0.3 is 11.1 Å². The summed E-state index contributed by atoms with van der Waals surface area (Å²) in [6, 6.07) is 50.6. The van der Waals surface area contributed by atoms with E-state index in [2.05, 4.69) is 170 Å². The van der Waals surface area contributed by atoms with Crippen molar-refractivity contribution in [3.8, 4) is 33.4 Å². The number of anilines is 1. The standard InChI is InChI=1S/C58H40N2/c1-2-43(59)29-32-44(37-14-5-3-6-15-37)51-36-39(28-33-56(51)60)38-26-30-45-40(34-38)24-25-41-35-42(27-31-46(41)45)47-19-13-23-55-57(47)50-18-10-12-22-54(50)58(55)52-20-8-4-7-16-48(52)49-17-9-11-21-53(49)58/h2-3,5-10,12-20,22-28,30-36,59H,1,4,29,60H2/b44-32-,59-43?. The highest BCUT2D eigenvalue weighted by molar-refractivity contribution is 6.10. The summed E-state index contributed by atoms with van der Waals surface area (Å²) in [6.45, 7) is 3.78. The molecule has 7 aromatic rings. The van der Waals surface area contributed by atoms with E-state index in [1.807, 2.05) is 30.3 Å². The van der Waals surface area contributed by atoms with Crippen molar-refractivity contribution < 1.29 is 0 Å². The van der Waals surface area contributed by atoms with Gasteiger partial charge in [0.15, 0.2) is 0 Å². The lowest BCUT2D eigenvalue weighted by atomic mass is 9.69. The first kappa shape index (κ1) is 35.4. The lowest BCUT2D eigenvalue weighted by Gasteiger charge is -2.31. The minimum absolute atomic E-state index is 0.458. The SMILES string of the molecule is C=CC(=N)C/C=C(/c1ccccc1)c1cc(-c2ccc3c(ccc4cc(-c5cccc6c5-c5ccccc5C65C6=C=C=CC=C6C6=C5C=CCC=C6)ccc43)c2)ccc1N. The number of hydrogen-bond acceptors (Lipinski definition) is 2. The third kappa shape index (κ3) is 5.33. The predicted molar refractivity (Wildman–Crippen MR) is 252 cm³/mol. The van der Waals surface area contributed by atoms with Gasteiger partial charge in [-0.15, -0.1) is 0 Å². The van der Waals surface area contributed by atoms with Crippen molar-refractivity contribution >= 4 is 38.5 Å². The molecule has 4 aliphatic rings. The van der Waals surface area contributed by atoms with Gasteiger partial charge in [0.25, 0.3) is 0 Å². The van der Waals surface area contributed by atoms with E-state index in [-0.39, 0.29) is 0 Å². The molecular weight excluding hydrogens is 725 g/mol. The Bertz CT molecular complexity index is 3310. The molecule has 2 heteroatoms. The lowest BCUT2D eigenvalue weighted by Crippen LogP contribution is -2.26. The molecule has 2 nitrogen and oxygen atoms in total. The first-order chi connectivity index (χ1) is 29.5. The van der Waals surface area contributed by atoms with Crippen molar-refractivity contribution in [2.45, 2.75) is 18.3 Å². The molecule has 0 radical (unpaired) electrons. The second kappa shape index (κ2) is 14.0. The fourth-order valence-electron chi connectivity index (χ4n) is 10.0. The van der Waals surface area contributed by atoms with E-state index in [9.17, 15) is 0 Å². The second-order valence-corrected chi connectivity index (χ2v) is 15.9. The first-order valence-electron chi connectivity index (χ1n) is 20.6. The molecular formula is C58H40N2. The van der Waals surface area contributed by atoms with Crippen LogP contribution in [0.5, 0.6) is 0 Å². The van der Waals surface area contributed by atoms with Crippen LogP contribution in [-0.2, 0) is 5.41 Å². The molecule has 1 atom stereocenters. The maximum absolute atomic E-state index is 8.22. The second-order valence-electron chi connectivity index (χ2n) is 15.9. The maximum Gasteiger partial charge on any atom is 0.0804 e. The smallest absolute Gasteiger partial charge is 0.0804 e. The van der Waals surface area contributed by atoms with E-state index >= 15 is 0 Å². The van der Waals surface area contributed by atoms with Crippen molar-refractivity contribution in [1.29, 1.82) is 5.41 Å². The normalized spacial score (nSPS) is 17.0. The lowest BCUT2D eigenvalue weighted by molar-refractivity contribution is 0.784. The highest BCUT2D eigenvalue weighted by Gasteiger charge is 2.54. The summed E-state index contributed by atoms with van der Waals surface area (Å²) in [5.74, 6) is 0. The average molecular weight is 765 g/mol. The van der Waals surface area contributed by atoms with Gasteiger partial charge in [0.1, 0.15) is 0 Å². The van der Waals surface area contributed by atoms with Crippen LogP contribution < -0.4 is 5.73 Å². The zero-order valence-corrected chi connectivity index (χ0v) is 33.1. The van der Waals surface area contributed by atoms with Crippen LogP contribution in [0.4, 0.5) is 5.69 Å². The molecule has 0 heterocycles. The summed E-state index contributed by atoms with van der Waals surface area (Å²) in [4.78, 5) is 0. The van der Waals surface area contributed by atoms with Gasteiger partial charge in [-0.25, -0.2) is 0 Å². The number of nitrogens with one attached hydrogen (secondary N) is 1. The van der Waals surface area contributed by atoms with E-state index in [1.165, 1.54) is 77.2 Å². The summed E-state index contributed by atoms with van der Waals surface area (Å²) in [7, 11) is 0. The Morgan fingerprint density at radius 2 is 1.42 bits per heavy atom. The van der Waals surface area contributed by atoms with E-state index in [4.69, 9.17) is 11.1 Å². The fourth-order valence-corrected chi connectivity index (χ4v) is 10.0. The molecule has 0 aromatic heterocycles. The Labute approximate surface area is 350 Å². The van der Waals surface area contributed by atoms with Gasteiger partial charge in [-0.2, -0.15) is 0 Å². The van der Waals surface area contributed by atoms with Gasteiger partial charge in [-0.3, -0.25) is 0 Å². The van der Waals surface area contributed by atoms with Gasteiger partial charge in [0.2, 0.25) is 0 Å². The van der Waals surface area contributed by atoms with Crippen LogP contribution in [-0.4, -0.2) is 5.71 Å². The largest absolute Gasteiger partial charge is 0.398 e. The zero-order valence-electron chi connectivity index (χ0n) is 33.1. The summed E-state index contributed by atoms with van der Waals surface area (Å²) in [6.07, 6.45) is 18.5. The van der Waals surface area contributed by atoms with Crippen LogP contribution in [0.25, 0.3) is 60.5 Å². The van der Waals surface area contributed by atoms with Crippen LogP contribution in [0, 0.1) is 5.41 Å². The summed E-state index contributed by atoms with van der Waals surface area (Å²) < 4.78 is 0. The van der Waals surface area contributed by atoms with E-state index in [1.54, 1.807) is 6.08 Å². The Morgan fingerprint density at radius 1 is 0.717 bits per heavy atom. The monoisotopic (exact) mass is 764 g/mol. The molecule has 3 N–H and O–H groups in total. The molecule has 60 heavy (non-hydrogen) atoms. The van der Waals surface area contributed by atoms with Crippen LogP contribution in [0.15, 0.2) is 228 Å². The first-order valence-corrected chi connectivity index (χ1v) is 20.6. The van der Waals surface area contributed by atoms with Crippen molar-refractivity contribution in [2.24, 2.45) is 0 Å². The third-order valence-corrected chi connectivity index (χ3v) is 12.8. The van der Waals surface area contributed by atoms with Gasteiger partial charge in [-0.1, -0.05) is 164 Å². The van der Waals surface area contributed by atoms with Gasteiger partial charge in [0.05, 0.1) is 5.41 Å². The fraction of sp³-hybridized carbons (Fsp3) is 0.0517. The zero-order chi connectivity index (χ0) is 40.4. The van der Waals surface area contributed by atoms with Crippen LogP contribution >= 0.6 is 0 Å². The highest BCUT2D eigenvalue weighted by atomic mass is 14.6. The predicted octanol–water partition coefficient (Wildman–Crippen LogP) is 14.2. The van der Waals surface area contributed by atoms with Crippen molar-refractivity contribution in [3.63, 3.8) is 0 Å². The molecule has 0 amide bonds. The van der Waals surface area contributed by atoms with Crippen LogP contribution in [0.1, 0.15) is 35.1 Å². The molecule has 1 unspecified atom stereocenters. The maximum atomic E-state index is 8.22. The number of hydrogen-bond donors (Lipinski definition) is 2. The molecule has 282 valence electrons. The number of fused-ring (bicyclic) bond motifs is 12. The third-order valence-electron chi connectivity index (χ3n) is 12.8. The minimum Gasteiger partial charge on any atom is -0.398 e. The Morgan fingerprint density at radius 3 is 2.25 bits per heavy atom. The van der Waals surface area contributed by atoms with E-state index in [0.717, 1.165) is 34.2 Å². The van der Waals surface area contributed by atoms with Gasteiger partial charge in [0, 0.05) is 29.0 Å². The molecule has 0 saturated carbocycles. The van der Waals surface area contributed by atoms with E-state index in [0.29, 0.717) is 17.8 Å². The van der Waals surface area contributed by atoms with Crippen molar-refractivity contribution in [1.82, 2.24) is 0 Å². The molecule has 4 aliphatic carbocycles. The van der Waals surface area contributed by atoms with E-state index < -0.39 is 5.41 Å². The number of nitrogen functional groups attached to an aromatic ring is 1. The topological polar surface area (TPSA) is 49.9 Å². The quantitative estimate of drug-likeness (QED) is 0.0722. The molecule has 11 rings (SSSR count). The highest BCUT2D eigenvalue weighted by Crippen LogP contribution is 2.64. The summed E-state index contributed by atoms with van der Waals surface area (Å²) >= 11 is 0. The summed E-state index contributed by atoms with van der Waals surface area (Å²) in [5.41, 5.74) is 32.2. The number of nitrogens with two attached hydrogens (primary N) is 1. The Balaban J connectivity index is 1.01. The van der Waals surface area contributed by atoms with Crippen molar-refractivity contribution in [3.05, 3.63) is 251 Å². The summed E-state index contributed by atoms with van der Waals surface area (Å²) in [5, 5.41) is 13.1. The van der Waals surface area contributed by atoms with Crippen LogP contribution in [0.2, 0.25) is 0 Å².